The van der Waals surface area contributed by atoms with Crippen LogP contribution in [0, 0.1) is 0 Å². The highest BCUT2D eigenvalue weighted by Gasteiger charge is 2.52. The molecule has 0 spiro atoms. The molecule has 1 fully saturated rings. The van der Waals surface area contributed by atoms with E-state index in [0.29, 0.717) is 12.0 Å². The molecule has 0 saturated carbocycles. The van der Waals surface area contributed by atoms with Crippen LogP contribution < -0.4 is 10.5 Å². The van der Waals surface area contributed by atoms with Crippen molar-refractivity contribution >= 4 is 19.8 Å². The zero-order valence-corrected chi connectivity index (χ0v) is 26.9. The van der Waals surface area contributed by atoms with E-state index < -0.39 is 63.2 Å². The molecular formula is C32H46NO12P. The molecule has 0 radical (unpaired) electrons. The molecule has 6 atom stereocenters. The van der Waals surface area contributed by atoms with Gasteiger partial charge >= 0.3 is 19.8 Å². The average molecular weight is 668 g/mol. The van der Waals surface area contributed by atoms with Crippen LogP contribution in [0.4, 0.5) is 0 Å². The molecular weight excluding hydrogens is 621 g/mol. The van der Waals surface area contributed by atoms with Crippen molar-refractivity contribution in [2.24, 2.45) is 5.73 Å². The number of unbranched alkanes of at least 4 members (excludes halogenated alkanes) is 7. The van der Waals surface area contributed by atoms with Crippen LogP contribution in [0.1, 0.15) is 86.7 Å². The summed E-state index contributed by atoms with van der Waals surface area (Å²) in [7, 11) is -5.25. The van der Waals surface area contributed by atoms with Crippen LogP contribution >= 0.6 is 7.82 Å². The van der Waals surface area contributed by atoms with Crippen molar-refractivity contribution in [3.63, 3.8) is 0 Å². The molecule has 3 rings (SSSR count). The molecule has 1 aliphatic rings. The first-order chi connectivity index (χ1) is 22.0. The minimum absolute atomic E-state index is 0.00844. The van der Waals surface area contributed by atoms with Gasteiger partial charge in [0, 0.05) is 13.0 Å². The highest BCUT2D eigenvalue weighted by Crippen LogP contribution is 2.42. The lowest BCUT2D eigenvalue weighted by atomic mass is 9.99. The number of benzene rings is 2. The van der Waals surface area contributed by atoms with E-state index in [0.717, 1.165) is 32.1 Å². The van der Waals surface area contributed by atoms with E-state index in [-0.39, 0.29) is 24.3 Å². The van der Waals surface area contributed by atoms with E-state index in [1.807, 2.05) is 0 Å². The molecule has 1 aliphatic heterocycles. The summed E-state index contributed by atoms with van der Waals surface area (Å²) in [6.45, 7) is 1.60. The van der Waals surface area contributed by atoms with Crippen LogP contribution in [0.5, 0.6) is 5.75 Å². The monoisotopic (exact) mass is 667 g/mol. The number of esters is 2. The number of aliphatic hydroxyl groups is 2. The van der Waals surface area contributed by atoms with Crippen LogP contribution in [0.25, 0.3) is 0 Å². The van der Waals surface area contributed by atoms with Crippen LogP contribution in [0.2, 0.25) is 0 Å². The average Bonchev–Trinajstić information content (AvgIpc) is 3.04. The van der Waals surface area contributed by atoms with Gasteiger partial charge in [0.1, 0.15) is 30.7 Å². The zero-order valence-electron chi connectivity index (χ0n) is 26.0. The van der Waals surface area contributed by atoms with Crippen molar-refractivity contribution in [3.8, 4) is 5.75 Å². The second kappa shape index (κ2) is 19.1. The molecule has 256 valence electrons. The zero-order chi connectivity index (χ0) is 33.5. The number of rotatable bonds is 19. The number of ether oxygens (including phenoxy) is 4. The number of aliphatic hydroxyl groups excluding tert-OH is 2. The van der Waals surface area contributed by atoms with Gasteiger partial charge in [0.05, 0.1) is 11.7 Å². The minimum atomic E-state index is -5.25. The van der Waals surface area contributed by atoms with E-state index in [1.54, 1.807) is 30.3 Å². The third-order valence-electron chi connectivity index (χ3n) is 7.51. The lowest BCUT2D eigenvalue weighted by Crippen LogP contribution is -2.62. The van der Waals surface area contributed by atoms with Gasteiger partial charge in [0.2, 0.25) is 6.29 Å². The summed E-state index contributed by atoms with van der Waals surface area (Å²) in [5.41, 5.74) is 6.27. The summed E-state index contributed by atoms with van der Waals surface area (Å²) in [6, 6.07) is 14.1. The number of phosphoric acid groups is 1. The first kappa shape index (κ1) is 37.6. The fourth-order valence-electron chi connectivity index (χ4n) is 5.00. The Labute approximate surface area is 269 Å². The van der Waals surface area contributed by atoms with Crippen LogP contribution in [-0.4, -0.2) is 75.8 Å². The molecule has 13 nitrogen and oxygen atoms in total. The van der Waals surface area contributed by atoms with Gasteiger partial charge in [0.15, 0.2) is 6.10 Å². The number of nitrogens with two attached hydrogens (primary N) is 1. The van der Waals surface area contributed by atoms with Gasteiger partial charge in [-0.05, 0) is 36.2 Å². The lowest BCUT2D eigenvalue weighted by Gasteiger charge is -2.43. The van der Waals surface area contributed by atoms with Crippen LogP contribution in [0.3, 0.4) is 0 Å². The second-order valence-corrected chi connectivity index (χ2v) is 12.4. The maximum Gasteiger partial charge on any atom is 0.470 e. The number of carbonyl (C=O) groups is 2. The summed E-state index contributed by atoms with van der Waals surface area (Å²) in [5, 5.41) is 21.2. The third-order valence-corrected chi connectivity index (χ3v) is 8.03. The number of phosphoric ester groups is 1. The Bertz CT molecular complexity index is 1240. The molecule has 6 N–H and O–H groups in total. The Morgan fingerprint density at radius 1 is 0.935 bits per heavy atom. The van der Waals surface area contributed by atoms with Crippen molar-refractivity contribution in [3.05, 3.63) is 65.7 Å². The number of hydrogen-bond donors (Lipinski definition) is 5. The SMILES string of the molecule is CCCCCCCCCCC(=O)OC1C(Oc2ccc(C(O)CN)cc2)OC(COC(=O)c2ccccc2)C(O)C1OP(=O)(O)O. The summed E-state index contributed by atoms with van der Waals surface area (Å²) in [4.78, 5) is 44.9. The maximum absolute atomic E-state index is 12.9. The van der Waals surface area contributed by atoms with Crippen molar-refractivity contribution in [2.75, 3.05) is 13.2 Å². The van der Waals surface area contributed by atoms with Gasteiger partial charge in [-0.3, -0.25) is 9.32 Å². The molecule has 0 aromatic heterocycles. The predicted molar refractivity (Wildman–Crippen MR) is 167 cm³/mol. The van der Waals surface area contributed by atoms with E-state index in [1.165, 1.54) is 37.1 Å². The van der Waals surface area contributed by atoms with Crippen LogP contribution in [0.15, 0.2) is 54.6 Å². The summed E-state index contributed by atoms with van der Waals surface area (Å²) in [6.07, 6.45) is -1.10. The lowest BCUT2D eigenvalue weighted by molar-refractivity contribution is -0.279. The Morgan fingerprint density at radius 3 is 2.17 bits per heavy atom. The van der Waals surface area contributed by atoms with Gasteiger partial charge in [-0.1, -0.05) is 82.2 Å². The van der Waals surface area contributed by atoms with Crippen molar-refractivity contribution < 1.29 is 57.6 Å². The predicted octanol–water partition coefficient (Wildman–Crippen LogP) is 3.92. The van der Waals surface area contributed by atoms with E-state index >= 15 is 0 Å². The highest BCUT2D eigenvalue weighted by atomic mass is 31.2. The van der Waals surface area contributed by atoms with Crippen molar-refractivity contribution in [2.45, 2.75) is 102 Å². The Balaban J connectivity index is 1.77. The quantitative estimate of drug-likeness (QED) is 0.0820. The molecule has 2 aromatic carbocycles. The molecule has 1 heterocycles. The molecule has 1 saturated heterocycles. The fourth-order valence-corrected chi connectivity index (χ4v) is 5.56. The highest BCUT2D eigenvalue weighted by molar-refractivity contribution is 7.46. The second-order valence-electron chi connectivity index (χ2n) is 11.2. The first-order valence-corrected chi connectivity index (χ1v) is 17.2. The fraction of sp³-hybridized carbons (Fsp3) is 0.562. The molecule has 6 unspecified atom stereocenters. The van der Waals surface area contributed by atoms with Gasteiger partial charge in [0.25, 0.3) is 0 Å². The van der Waals surface area contributed by atoms with Gasteiger partial charge in [-0.2, -0.15) is 0 Å². The van der Waals surface area contributed by atoms with E-state index in [2.05, 4.69) is 6.92 Å². The summed E-state index contributed by atoms with van der Waals surface area (Å²) < 4.78 is 39.7. The number of hydrogen-bond acceptors (Lipinski definition) is 11. The third kappa shape index (κ3) is 12.4. The van der Waals surface area contributed by atoms with Crippen molar-refractivity contribution in [1.29, 1.82) is 0 Å². The Kier molecular flexibility index (Phi) is 15.6. The molecule has 2 aromatic rings. The molecule has 14 heteroatoms. The first-order valence-electron chi connectivity index (χ1n) is 15.7. The molecule has 0 bridgehead atoms. The van der Waals surface area contributed by atoms with Crippen molar-refractivity contribution in [1.82, 2.24) is 0 Å². The molecule has 0 amide bonds. The van der Waals surface area contributed by atoms with Gasteiger partial charge < -0.3 is 44.7 Å². The summed E-state index contributed by atoms with van der Waals surface area (Å²) >= 11 is 0. The summed E-state index contributed by atoms with van der Waals surface area (Å²) in [5.74, 6) is -1.25. The largest absolute Gasteiger partial charge is 0.470 e. The minimum Gasteiger partial charge on any atom is -0.461 e. The normalized spacial score (nSPS) is 22.2. The van der Waals surface area contributed by atoms with E-state index in [4.69, 9.17) is 29.2 Å². The molecule has 46 heavy (non-hydrogen) atoms. The maximum atomic E-state index is 12.9. The number of carbonyl (C=O) groups excluding carboxylic acids is 2. The van der Waals surface area contributed by atoms with E-state index in [9.17, 15) is 34.2 Å². The smallest absolute Gasteiger partial charge is 0.461 e. The van der Waals surface area contributed by atoms with Gasteiger partial charge in [-0.15, -0.1) is 0 Å². The van der Waals surface area contributed by atoms with Crippen LogP contribution in [-0.2, 0) is 28.1 Å². The Hall–Kier alpha value is -2.87. The Morgan fingerprint density at radius 2 is 1.57 bits per heavy atom. The topological polar surface area (TPSA) is 204 Å². The van der Waals surface area contributed by atoms with Gasteiger partial charge in [-0.25, -0.2) is 9.36 Å². The molecule has 0 aliphatic carbocycles. The standard InChI is InChI=1S/C32H46NO12P/c1-2-3-4-5-6-7-8-12-15-27(35)44-30-29(45-46(38,39)40)28(36)26(21-41-31(37)23-13-10-9-11-14-23)43-32(30)42-24-18-16-22(17-19-24)25(34)20-33/h9-11,13-14,16-19,25-26,28-30,32,34,36H,2-8,12,15,20-21,33H2,1H3,(H2,38,39,40).